The molecule has 0 bridgehead atoms. The molecule has 2 aliphatic carbocycles. The highest BCUT2D eigenvalue weighted by Crippen LogP contribution is 2.42. The van der Waals surface area contributed by atoms with E-state index in [4.69, 9.17) is 9.47 Å². The van der Waals surface area contributed by atoms with Crippen LogP contribution in [0.5, 0.6) is 17.2 Å². The number of allylic oxidation sites excluding steroid dienone is 2. The van der Waals surface area contributed by atoms with Gasteiger partial charge in [0.1, 0.15) is 17.2 Å². The normalized spacial score (nSPS) is 24.7. The van der Waals surface area contributed by atoms with Crippen LogP contribution in [0.4, 0.5) is 22.0 Å². The second-order valence-corrected chi connectivity index (χ2v) is 10.1. The lowest BCUT2D eigenvalue weighted by Crippen LogP contribution is -2.37. The Morgan fingerprint density at radius 1 is 0.632 bits per heavy atom. The van der Waals surface area contributed by atoms with E-state index in [1.54, 1.807) is 0 Å². The van der Waals surface area contributed by atoms with Crippen molar-refractivity contribution in [2.24, 2.45) is 17.8 Å². The van der Waals surface area contributed by atoms with Gasteiger partial charge in [-0.05, 0) is 111 Å². The minimum atomic E-state index is -4.84. The summed E-state index contributed by atoms with van der Waals surface area (Å²) in [4.78, 5) is 0. The maximum absolute atomic E-state index is 14.7. The molecule has 0 radical (unpaired) electrons. The third-order valence-electron chi connectivity index (χ3n) is 7.56. The number of hydrogen-bond donors (Lipinski definition) is 0. The van der Waals surface area contributed by atoms with Crippen molar-refractivity contribution < 1.29 is 36.2 Å². The van der Waals surface area contributed by atoms with Crippen molar-refractivity contribution in [3.63, 3.8) is 0 Å². The van der Waals surface area contributed by atoms with Crippen molar-refractivity contribution in [2.75, 3.05) is 0 Å². The van der Waals surface area contributed by atoms with Crippen LogP contribution >= 0.6 is 0 Å². The Balaban J connectivity index is 1.20. The molecule has 2 fully saturated rings. The van der Waals surface area contributed by atoms with Crippen LogP contribution in [-0.4, -0.2) is 12.5 Å². The van der Waals surface area contributed by atoms with Crippen molar-refractivity contribution in [3.05, 3.63) is 79.1 Å². The second kappa shape index (κ2) is 12.2. The molecule has 0 N–H and O–H groups in total. The summed E-state index contributed by atoms with van der Waals surface area (Å²) in [6, 6.07) is 12.2. The Labute approximate surface area is 220 Å². The van der Waals surface area contributed by atoms with Gasteiger partial charge >= 0.3 is 12.5 Å². The maximum atomic E-state index is 14.7. The summed E-state index contributed by atoms with van der Waals surface area (Å²) in [5.74, 6) is 0.510. The molecular weight excluding hydrogens is 503 g/mol. The van der Waals surface area contributed by atoms with Gasteiger partial charge in [0.05, 0.1) is 12.2 Å². The molecule has 0 atom stereocenters. The molecule has 0 aromatic heterocycles. The van der Waals surface area contributed by atoms with Gasteiger partial charge < -0.3 is 14.2 Å². The van der Waals surface area contributed by atoms with Crippen LogP contribution in [0.3, 0.4) is 0 Å². The molecule has 0 aliphatic heterocycles. The first kappa shape index (κ1) is 28.0. The maximum Gasteiger partial charge on any atom is 0.573 e. The summed E-state index contributed by atoms with van der Waals surface area (Å²) in [5.41, 5.74) is 1.33. The molecular formula is C30H33F5O3. The number of hydrogen-bond acceptors (Lipinski definition) is 3. The fourth-order valence-electron chi connectivity index (χ4n) is 5.47. The zero-order valence-corrected chi connectivity index (χ0v) is 21.1. The van der Waals surface area contributed by atoms with Crippen LogP contribution in [0, 0.1) is 17.8 Å². The fraction of sp³-hybridized carbons (Fsp3) is 0.467. The van der Waals surface area contributed by atoms with E-state index in [9.17, 15) is 22.0 Å². The van der Waals surface area contributed by atoms with Gasteiger partial charge in [0.25, 0.3) is 0 Å². The molecule has 8 heteroatoms. The van der Waals surface area contributed by atoms with Gasteiger partial charge in [-0.1, -0.05) is 30.9 Å². The molecule has 0 spiro atoms. The molecule has 2 aromatic rings. The molecule has 0 amide bonds. The van der Waals surface area contributed by atoms with E-state index in [1.807, 2.05) is 12.1 Å². The first-order chi connectivity index (χ1) is 18.1. The number of halogens is 5. The molecule has 2 aromatic carbocycles. The van der Waals surface area contributed by atoms with Crippen LogP contribution in [0.1, 0.15) is 62.8 Å². The van der Waals surface area contributed by atoms with Crippen molar-refractivity contribution >= 4 is 0 Å². The lowest BCUT2D eigenvalue weighted by molar-refractivity contribution is -0.274. The van der Waals surface area contributed by atoms with E-state index in [0.29, 0.717) is 37.5 Å². The van der Waals surface area contributed by atoms with E-state index in [0.717, 1.165) is 55.7 Å². The topological polar surface area (TPSA) is 27.7 Å². The van der Waals surface area contributed by atoms with Crippen LogP contribution in [0.2, 0.25) is 0 Å². The smallest absolute Gasteiger partial charge is 0.466 e. The summed E-state index contributed by atoms with van der Waals surface area (Å²) in [6.45, 7) is 3.57. The van der Waals surface area contributed by atoms with Crippen LogP contribution in [0.15, 0.2) is 73.5 Å². The van der Waals surface area contributed by atoms with E-state index in [1.165, 1.54) is 11.8 Å². The van der Waals surface area contributed by atoms with Crippen molar-refractivity contribution in [3.8, 4) is 17.2 Å². The predicted octanol–water partition coefficient (Wildman–Crippen LogP) is 9.42. The Morgan fingerprint density at radius 3 is 1.61 bits per heavy atom. The standard InChI is InChI=1S/C30H33F5O3/c1-2-36-26-15-11-24(12-16-26)23-9-5-21(6-10-23)3-4-22-7-13-25(14-8-22)29(31,32)37-27-17-19-28(20-18-27)38-30(33,34)35/h2-4,11-12,15-23,25H,1,5-10,13-14H2/b4-3+. The number of alkyl halides is 5. The van der Waals surface area contributed by atoms with Gasteiger partial charge in [0, 0.05) is 0 Å². The van der Waals surface area contributed by atoms with Gasteiger partial charge in [-0.2, -0.15) is 8.78 Å². The molecule has 0 unspecified atom stereocenters. The van der Waals surface area contributed by atoms with Crippen LogP contribution < -0.4 is 14.2 Å². The highest BCUT2D eigenvalue weighted by molar-refractivity contribution is 5.32. The van der Waals surface area contributed by atoms with E-state index in [-0.39, 0.29) is 11.7 Å². The lowest BCUT2D eigenvalue weighted by atomic mass is 9.77. The minimum Gasteiger partial charge on any atom is -0.466 e. The second-order valence-electron chi connectivity index (χ2n) is 10.1. The van der Waals surface area contributed by atoms with Gasteiger partial charge in [0.2, 0.25) is 0 Å². The molecule has 38 heavy (non-hydrogen) atoms. The van der Waals surface area contributed by atoms with Gasteiger partial charge in [0.15, 0.2) is 0 Å². The lowest BCUT2D eigenvalue weighted by Gasteiger charge is -2.32. The first-order valence-electron chi connectivity index (χ1n) is 13.1. The predicted molar refractivity (Wildman–Crippen MR) is 135 cm³/mol. The monoisotopic (exact) mass is 536 g/mol. The Bertz CT molecular complexity index is 1050. The average Bonchev–Trinajstić information content (AvgIpc) is 2.89. The summed E-state index contributed by atoms with van der Waals surface area (Å²) in [6.07, 6.45) is 4.12. The molecule has 2 aliphatic rings. The van der Waals surface area contributed by atoms with Crippen molar-refractivity contribution in [1.82, 2.24) is 0 Å². The number of benzene rings is 2. The Hall–Kier alpha value is -3.03. The summed E-state index contributed by atoms with van der Waals surface area (Å²) >= 11 is 0. The molecule has 0 saturated heterocycles. The summed E-state index contributed by atoms with van der Waals surface area (Å²) < 4.78 is 80.3. The zero-order valence-electron chi connectivity index (χ0n) is 21.1. The highest BCUT2D eigenvalue weighted by atomic mass is 19.4. The Morgan fingerprint density at radius 2 is 1.11 bits per heavy atom. The summed E-state index contributed by atoms with van der Waals surface area (Å²) in [7, 11) is 0. The van der Waals surface area contributed by atoms with E-state index in [2.05, 4.69) is 35.6 Å². The van der Waals surface area contributed by atoms with Crippen LogP contribution in [0.25, 0.3) is 0 Å². The highest BCUT2D eigenvalue weighted by Gasteiger charge is 2.43. The van der Waals surface area contributed by atoms with E-state index >= 15 is 0 Å². The van der Waals surface area contributed by atoms with Gasteiger partial charge in [-0.3, -0.25) is 0 Å². The third-order valence-corrected chi connectivity index (χ3v) is 7.56. The molecule has 4 rings (SSSR count). The minimum absolute atomic E-state index is 0.191. The number of rotatable bonds is 9. The Kier molecular flexibility index (Phi) is 9.00. The van der Waals surface area contributed by atoms with Crippen molar-refractivity contribution in [2.45, 2.75) is 69.8 Å². The average molecular weight is 537 g/mol. The largest absolute Gasteiger partial charge is 0.573 e. The van der Waals surface area contributed by atoms with E-state index < -0.39 is 24.1 Å². The summed E-state index contributed by atoms with van der Waals surface area (Å²) in [5, 5.41) is 0. The molecule has 2 saturated carbocycles. The van der Waals surface area contributed by atoms with Gasteiger partial charge in [-0.25, -0.2) is 0 Å². The molecule has 3 nitrogen and oxygen atoms in total. The third kappa shape index (κ3) is 7.98. The number of ether oxygens (including phenoxy) is 3. The quantitative estimate of drug-likeness (QED) is 0.182. The first-order valence-corrected chi connectivity index (χ1v) is 13.1. The molecule has 0 heterocycles. The molecule has 206 valence electrons. The van der Waals surface area contributed by atoms with Crippen LogP contribution in [-0.2, 0) is 0 Å². The fourth-order valence-corrected chi connectivity index (χ4v) is 5.47. The van der Waals surface area contributed by atoms with Gasteiger partial charge in [-0.15, -0.1) is 13.2 Å². The van der Waals surface area contributed by atoms with Crippen molar-refractivity contribution in [1.29, 1.82) is 0 Å². The SMILES string of the molecule is C=COc1ccc(C2CCC(/C=C/C3CCC(C(F)(F)Oc4ccc(OC(F)(F)F)cc4)CC3)CC2)cc1. The zero-order chi connectivity index (χ0) is 27.2.